The van der Waals surface area contributed by atoms with Gasteiger partial charge in [-0.05, 0) is 63.2 Å². The van der Waals surface area contributed by atoms with Gasteiger partial charge in [-0.1, -0.05) is 12.1 Å². The number of likely N-dealkylation sites (N-methyl/N-ethyl adjacent to an activating group) is 1. The average Bonchev–Trinajstić information content (AvgIpc) is 2.37. The molecule has 0 fully saturated rings. The molecule has 0 atom stereocenters. The number of hydrogen-bond acceptors (Lipinski definition) is 3. The van der Waals surface area contributed by atoms with Gasteiger partial charge in [-0.3, -0.25) is 0 Å². The predicted octanol–water partition coefficient (Wildman–Crippen LogP) is 3.19. The van der Waals surface area contributed by atoms with Gasteiger partial charge in [0.1, 0.15) is 5.75 Å². The summed E-state index contributed by atoms with van der Waals surface area (Å²) in [5.74, 6) is 1.97. The average molecular weight is 267 g/mol. The van der Waals surface area contributed by atoms with E-state index >= 15 is 0 Å². The van der Waals surface area contributed by atoms with Crippen molar-refractivity contribution in [1.82, 2.24) is 4.90 Å². The Bertz CT molecular complexity index is 354. The van der Waals surface area contributed by atoms with Gasteiger partial charge in [0.2, 0.25) is 0 Å². The van der Waals surface area contributed by atoms with Crippen LogP contribution in [-0.2, 0) is 6.42 Å². The first kappa shape index (κ1) is 15.4. The molecule has 0 heterocycles. The Morgan fingerprint density at radius 2 is 2.06 bits per heavy atom. The van der Waals surface area contributed by atoms with Crippen LogP contribution in [-0.4, -0.2) is 37.4 Å². The highest BCUT2D eigenvalue weighted by Gasteiger charge is 2.02. The molecule has 0 aromatic heterocycles. The monoisotopic (exact) mass is 267 g/mol. The van der Waals surface area contributed by atoms with E-state index in [1.165, 1.54) is 11.1 Å². The molecule has 0 aliphatic heterocycles. The molecule has 0 saturated carbocycles. The maximum absolute atomic E-state index is 5.55. The van der Waals surface area contributed by atoms with E-state index in [4.69, 9.17) is 4.74 Å². The SMILES string of the molecule is CCOc1ccc(CCN(C)CCCS)cc1C. The van der Waals surface area contributed by atoms with E-state index in [0.29, 0.717) is 0 Å². The number of aryl methyl sites for hydroxylation is 1. The van der Waals surface area contributed by atoms with E-state index in [1.807, 2.05) is 6.92 Å². The van der Waals surface area contributed by atoms with Crippen LogP contribution < -0.4 is 4.74 Å². The molecule has 0 amide bonds. The molecule has 0 N–H and O–H groups in total. The Balaban J connectivity index is 2.45. The summed E-state index contributed by atoms with van der Waals surface area (Å²) in [6, 6.07) is 6.49. The molecule has 18 heavy (non-hydrogen) atoms. The van der Waals surface area contributed by atoms with Crippen LogP contribution in [0.2, 0.25) is 0 Å². The standard InChI is InChI=1S/C15H25NOS/c1-4-17-15-7-6-14(12-13(15)2)8-10-16(3)9-5-11-18/h6-7,12,18H,4-5,8-11H2,1-3H3. The van der Waals surface area contributed by atoms with E-state index in [2.05, 4.69) is 49.7 Å². The largest absolute Gasteiger partial charge is 0.494 e. The lowest BCUT2D eigenvalue weighted by Gasteiger charge is -2.16. The molecular weight excluding hydrogens is 242 g/mol. The molecule has 0 unspecified atom stereocenters. The zero-order chi connectivity index (χ0) is 13.4. The lowest BCUT2D eigenvalue weighted by atomic mass is 10.1. The van der Waals surface area contributed by atoms with Gasteiger partial charge >= 0.3 is 0 Å². The van der Waals surface area contributed by atoms with Gasteiger partial charge in [-0.2, -0.15) is 12.6 Å². The van der Waals surface area contributed by atoms with Crippen LogP contribution in [0.1, 0.15) is 24.5 Å². The third-order valence-electron chi connectivity index (χ3n) is 3.02. The maximum atomic E-state index is 5.55. The van der Waals surface area contributed by atoms with Gasteiger partial charge in [0.15, 0.2) is 0 Å². The van der Waals surface area contributed by atoms with Crippen LogP contribution in [0.4, 0.5) is 0 Å². The fraction of sp³-hybridized carbons (Fsp3) is 0.600. The molecule has 102 valence electrons. The smallest absolute Gasteiger partial charge is 0.122 e. The number of benzene rings is 1. The van der Waals surface area contributed by atoms with Crippen LogP contribution >= 0.6 is 12.6 Å². The minimum Gasteiger partial charge on any atom is -0.494 e. The van der Waals surface area contributed by atoms with E-state index in [0.717, 1.165) is 44.0 Å². The lowest BCUT2D eigenvalue weighted by molar-refractivity contribution is 0.336. The highest BCUT2D eigenvalue weighted by molar-refractivity contribution is 7.80. The molecule has 0 saturated heterocycles. The van der Waals surface area contributed by atoms with Crippen LogP contribution in [0, 0.1) is 6.92 Å². The van der Waals surface area contributed by atoms with Gasteiger partial charge in [0.25, 0.3) is 0 Å². The highest BCUT2D eigenvalue weighted by atomic mass is 32.1. The van der Waals surface area contributed by atoms with Crippen molar-refractivity contribution in [3.05, 3.63) is 29.3 Å². The summed E-state index contributed by atoms with van der Waals surface area (Å²) in [6.45, 7) is 7.08. The maximum Gasteiger partial charge on any atom is 0.122 e. The van der Waals surface area contributed by atoms with Gasteiger partial charge in [-0.25, -0.2) is 0 Å². The van der Waals surface area contributed by atoms with Crippen molar-refractivity contribution in [1.29, 1.82) is 0 Å². The van der Waals surface area contributed by atoms with Crippen molar-refractivity contribution in [3.8, 4) is 5.75 Å². The van der Waals surface area contributed by atoms with Crippen molar-refractivity contribution in [2.75, 3.05) is 32.5 Å². The zero-order valence-corrected chi connectivity index (χ0v) is 12.7. The zero-order valence-electron chi connectivity index (χ0n) is 11.8. The molecule has 3 heteroatoms. The summed E-state index contributed by atoms with van der Waals surface area (Å²) >= 11 is 4.24. The van der Waals surface area contributed by atoms with E-state index in [-0.39, 0.29) is 0 Å². The Hall–Kier alpha value is -0.670. The molecule has 1 aromatic rings. The summed E-state index contributed by atoms with van der Waals surface area (Å²) in [5, 5.41) is 0. The Kier molecular flexibility index (Phi) is 7.21. The number of ether oxygens (including phenoxy) is 1. The molecular formula is C15H25NOS. The Labute approximate surface area is 117 Å². The van der Waals surface area contributed by atoms with Crippen LogP contribution in [0.5, 0.6) is 5.75 Å². The van der Waals surface area contributed by atoms with Crippen LogP contribution in [0.25, 0.3) is 0 Å². The second-order valence-electron chi connectivity index (χ2n) is 4.66. The summed E-state index contributed by atoms with van der Waals surface area (Å²) < 4.78 is 5.55. The van der Waals surface area contributed by atoms with Crippen molar-refractivity contribution >= 4 is 12.6 Å². The summed E-state index contributed by atoms with van der Waals surface area (Å²) in [7, 11) is 2.17. The van der Waals surface area contributed by atoms with E-state index < -0.39 is 0 Å². The normalized spacial score (nSPS) is 10.9. The molecule has 0 bridgehead atoms. The molecule has 0 radical (unpaired) electrons. The summed E-state index contributed by atoms with van der Waals surface area (Å²) in [5.41, 5.74) is 2.61. The second kappa shape index (κ2) is 8.44. The third-order valence-corrected chi connectivity index (χ3v) is 3.34. The molecule has 1 aromatic carbocycles. The lowest BCUT2D eigenvalue weighted by Crippen LogP contribution is -2.22. The van der Waals surface area contributed by atoms with Crippen molar-refractivity contribution in [2.45, 2.75) is 26.7 Å². The summed E-state index contributed by atoms with van der Waals surface area (Å²) in [6.07, 6.45) is 2.25. The Morgan fingerprint density at radius 1 is 1.28 bits per heavy atom. The highest BCUT2D eigenvalue weighted by Crippen LogP contribution is 2.19. The predicted molar refractivity (Wildman–Crippen MR) is 82.0 cm³/mol. The minimum atomic E-state index is 0.729. The molecule has 0 aliphatic carbocycles. The molecule has 0 aliphatic rings. The quantitative estimate of drug-likeness (QED) is 0.726. The summed E-state index contributed by atoms with van der Waals surface area (Å²) in [4.78, 5) is 2.36. The first-order chi connectivity index (χ1) is 8.67. The van der Waals surface area contributed by atoms with E-state index in [9.17, 15) is 0 Å². The number of nitrogens with zero attached hydrogens (tertiary/aromatic N) is 1. The van der Waals surface area contributed by atoms with Gasteiger partial charge < -0.3 is 9.64 Å². The minimum absolute atomic E-state index is 0.729. The van der Waals surface area contributed by atoms with Crippen LogP contribution in [0.3, 0.4) is 0 Å². The van der Waals surface area contributed by atoms with Crippen LogP contribution in [0.15, 0.2) is 18.2 Å². The third kappa shape index (κ3) is 5.32. The van der Waals surface area contributed by atoms with Gasteiger partial charge in [0, 0.05) is 6.54 Å². The number of rotatable bonds is 8. The van der Waals surface area contributed by atoms with Crippen molar-refractivity contribution < 1.29 is 4.74 Å². The molecule has 1 rings (SSSR count). The fourth-order valence-corrected chi connectivity index (χ4v) is 2.10. The molecule has 0 spiro atoms. The molecule has 2 nitrogen and oxygen atoms in total. The first-order valence-corrected chi connectivity index (χ1v) is 7.32. The second-order valence-corrected chi connectivity index (χ2v) is 5.11. The van der Waals surface area contributed by atoms with Gasteiger partial charge in [-0.15, -0.1) is 0 Å². The first-order valence-electron chi connectivity index (χ1n) is 6.69. The van der Waals surface area contributed by atoms with Crippen molar-refractivity contribution in [3.63, 3.8) is 0 Å². The Morgan fingerprint density at radius 3 is 2.67 bits per heavy atom. The fourth-order valence-electron chi connectivity index (χ4n) is 1.96. The topological polar surface area (TPSA) is 12.5 Å². The van der Waals surface area contributed by atoms with Gasteiger partial charge in [0.05, 0.1) is 6.61 Å². The van der Waals surface area contributed by atoms with Crippen molar-refractivity contribution in [2.24, 2.45) is 0 Å². The number of thiol groups is 1. The van der Waals surface area contributed by atoms with E-state index in [1.54, 1.807) is 0 Å². The number of hydrogen-bond donors (Lipinski definition) is 1.